The van der Waals surface area contributed by atoms with E-state index < -0.39 is 15.9 Å². The minimum atomic E-state index is -3.45. The molecule has 0 atom stereocenters. The average Bonchev–Trinajstić information content (AvgIpc) is 3.42. The number of amides is 1. The van der Waals surface area contributed by atoms with Gasteiger partial charge in [0.1, 0.15) is 5.69 Å². The fraction of sp³-hybridized carbons (Fsp3) is 0.0909. The Kier molecular flexibility index (Phi) is 6.02. The molecule has 32 heavy (non-hydrogen) atoms. The highest BCUT2D eigenvalue weighted by molar-refractivity contribution is 7.92. The van der Waals surface area contributed by atoms with E-state index >= 15 is 0 Å². The summed E-state index contributed by atoms with van der Waals surface area (Å²) in [6.07, 6.45) is 2.61. The van der Waals surface area contributed by atoms with Gasteiger partial charge < -0.3 is 9.73 Å². The molecule has 4 rings (SSSR count). The quantitative estimate of drug-likeness (QED) is 0.423. The van der Waals surface area contributed by atoms with Crippen LogP contribution in [0, 0.1) is 0 Å². The third-order valence-corrected chi connectivity index (χ3v) is 5.38. The van der Waals surface area contributed by atoms with Crippen molar-refractivity contribution in [3.05, 3.63) is 89.3 Å². The fourth-order valence-electron chi connectivity index (χ4n) is 3.11. The first-order chi connectivity index (χ1) is 15.3. The van der Waals surface area contributed by atoms with Crippen LogP contribution in [0.25, 0.3) is 17.1 Å². The summed E-state index contributed by atoms with van der Waals surface area (Å²) in [5.41, 5.74) is 2.51. The summed E-state index contributed by atoms with van der Waals surface area (Å²) in [4.78, 5) is 12.9. The minimum absolute atomic E-state index is 0.113. The van der Waals surface area contributed by atoms with Gasteiger partial charge in [-0.15, -0.1) is 0 Å². The van der Waals surface area contributed by atoms with Crippen LogP contribution in [-0.4, -0.2) is 30.4 Å². The number of benzene rings is 2. The van der Waals surface area contributed by atoms with Crippen molar-refractivity contribution in [3.63, 3.8) is 0 Å². The summed E-state index contributed by atoms with van der Waals surface area (Å²) in [6.45, 7) is 0.113. The smallest absolute Gasteiger partial charge is 0.272 e. The molecule has 0 saturated heterocycles. The predicted molar refractivity (Wildman–Crippen MR) is 122 cm³/mol. The van der Waals surface area contributed by atoms with Crippen LogP contribution >= 0.6 is 11.6 Å². The van der Waals surface area contributed by atoms with Crippen LogP contribution in [0.1, 0.15) is 16.1 Å². The Labute approximate surface area is 189 Å². The van der Waals surface area contributed by atoms with Gasteiger partial charge in [-0.1, -0.05) is 29.8 Å². The molecule has 164 valence electrons. The number of hydrogen-bond donors (Lipinski definition) is 2. The molecule has 8 nitrogen and oxygen atoms in total. The van der Waals surface area contributed by atoms with Gasteiger partial charge in [-0.25, -0.2) is 13.1 Å². The summed E-state index contributed by atoms with van der Waals surface area (Å²) >= 11 is 5.99. The van der Waals surface area contributed by atoms with E-state index in [2.05, 4.69) is 15.1 Å². The number of aromatic nitrogens is 2. The number of nitrogens with one attached hydrogen (secondary N) is 2. The SMILES string of the molecule is CS(=O)(=O)Nc1ccccc1CNC(=O)c1cc(-c2ccco2)n(-c2ccc(Cl)cc2)n1. The first-order valence-electron chi connectivity index (χ1n) is 9.54. The molecule has 0 saturated carbocycles. The summed E-state index contributed by atoms with van der Waals surface area (Å²) in [5.74, 6) is 0.133. The average molecular weight is 471 g/mol. The molecule has 4 aromatic rings. The maximum atomic E-state index is 12.9. The van der Waals surface area contributed by atoms with Crippen LogP contribution in [0.5, 0.6) is 0 Å². The second-order valence-electron chi connectivity index (χ2n) is 6.99. The Bertz CT molecular complexity index is 1350. The summed E-state index contributed by atoms with van der Waals surface area (Å²) in [5, 5.41) is 7.82. The Morgan fingerprint density at radius 1 is 1.09 bits per heavy atom. The second-order valence-corrected chi connectivity index (χ2v) is 9.18. The predicted octanol–water partition coefficient (Wildman–Crippen LogP) is 4.09. The van der Waals surface area contributed by atoms with Gasteiger partial charge >= 0.3 is 0 Å². The van der Waals surface area contributed by atoms with E-state index in [4.69, 9.17) is 16.0 Å². The number of hydrogen-bond acceptors (Lipinski definition) is 5. The van der Waals surface area contributed by atoms with Crippen molar-refractivity contribution in [2.45, 2.75) is 6.54 Å². The highest BCUT2D eigenvalue weighted by Crippen LogP contribution is 2.25. The maximum absolute atomic E-state index is 12.9. The lowest BCUT2D eigenvalue weighted by molar-refractivity contribution is 0.0945. The Morgan fingerprint density at radius 2 is 1.84 bits per heavy atom. The standard InChI is InChI=1S/C22H19ClN4O4S/c1-32(29,30)26-18-6-3-2-5-15(18)14-24-22(28)19-13-20(21-7-4-12-31-21)27(25-19)17-10-8-16(23)9-11-17/h2-13,26H,14H2,1H3,(H,24,28). The van der Waals surface area contributed by atoms with Gasteiger partial charge in [-0.05, 0) is 48.0 Å². The highest BCUT2D eigenvalue weighted by Gasteiger charge is 2.19. The molecule has 2 aromatic heterocycles. The molecule has 0 bridgehead atoms. The van der Waals surface area contributed by atoms with Crippen LogP contribution < -0.4 is 10.0 Å². The van der Waals surface area contributed by atoms with Gasteiger partial charge in [0.2, 0.25) is 10.0 Å². The highest BCUT2D eigenvalue weighted by atomic mass is 35.5. The van der Waals surface area contributed by atoms with Crippen molar-refractivity contribution in [1.82, 2.24) is 15.1 Å². The van der Waals surface area contributed by atoms with E-state index in [1.54, 1.807) is 77.7 Å². The van der Waals surface area contributed by atoms with Crippen LogP contribution in [-0.2, 0) is 16.6 Å². The fourth-order valence-corrected chi connectivity index (χ4v) is 3.84. The molecule has 1 amide bonds. The normalized spacial score (nSPS) is 11.3. The third-order valence-electron chi connectivity index (χ3n) is 4.54. The van der Waals surface area contributed by atoms with E-state index in [-0.39, 0.29) is 12.2 Å². The molecule has 0 radical (unpaired) electrons. The first-order valence-corrected chi connectivity index (χ1v) is 11.8. The number of halogens is 1. The number of anilines is 1. The number of sulfonamides is 1. The number of nitrogens with zero attached hydrogens (tertiary/aromatic N) is 2. The number of rotatable bonds is 7. The van der Waals surface area contributed by atoms with Crippen LogP contribution in [0.2, 0.25) is 5.02 Å². The van der Waals surface area contributed by atoms with E-state index in [1.807, 2.05) is 0 Å². The van der Waals surface area contributed by atoms with E-state index in [9.17, 15) is 13.2 Å². The number of carbonyl (C=O) groups is 1. The summed E-state index contributed by atoms with van der Waals surface area (Å²) < 4.78 is 32.7. The van der Waals surface area contributed by atoms with Gasteiger partial charge in [0.15, 0.2) is 11.5 Å². The van der Waals surface area contributed by atoms with E-state index in [1.165, 1.54) is 0 Å². The molecule has 0 spiro atoms. The van der Waals surface area contributed by atoms with Crippen LogP contribution in [0.4, 0.5) is 5.69 Å². The van der Waals surface area contributed by atoms with Gasteiger partial charge in [0.25, 0.3) is 5.91 Å². The second kappa shape index (κ2) is 8.89. The van der Waals surface area contributed by atoms with Crippen molar-refractivity contribution < 1.29 is 17.6 Å². The molecular formula is C22H19ClN4O4S. The molecule has 2 N–H and O–H groups in total. The Morgan fingerprint density at radius 3 is 2.53 bits per heavy atom. The molecule has 0 unspecified atom stereocenters. The third kappa shape index (κ3) is 5.01. The monoisotopic (exact) mass is 470 g/mol. The van der Waals surface area contributed by atoms with Crippen LogP contribution in [0.15, 0.2) is 77.4 Å². The molecule has 0 aliphatic rings. The van der Waals surface area contributed by atoms with Crippen molar-refractivity contribution in [2.24, 2.45) is 0 Å². The number of para-hydroxylation sites is 1. The van der Waals surface area contributed by atoms with Crippen molar-refractivity contribution in [2.75, 3.05) is 11.0 Å². The zero-order chi connectivity index (χ0) is 22.7. The van der Waals surface area contributed by atoms with Gasteiger partial charge in [0.05, 0.1) is 23.9 Å². The molecular weight excluding hydrogens is 452 g/mol. The van der Waals surface area contributed by atoms with Crippen molar-refractivity contribution in [3.8, 4) is 17.1 Å². The lowest BCUT2D eigenvalue weighted by Crippen LogP contribution is -2.24. The molecule has 0 aliphatic heterocycles. The first kappa shape index (κ1) is 21.7. The van der Waals surface area contributed by atoms with E-state index in [0.717, 1.165) is 6.26 Å². The summed E-state index contributed by atoms with van der Waals surface area (Å²) in [7, 11) is -3.45. The van der Waals surface area contributed by atoms with Gasteiger partial charge in [-0.3, -0.25) is 9.52 Å². The maximum Gasteiger partial charge on any atom is 0.272 e. The molecule has 0 aliphatic carbocycles. The van der Waals surface area contributed by atoms with E-state index in [0.29, 0.717) is 33.4 Å². The zero-order valence-electron chi connectivity index (χ0n) is 16.9. The lowest BCUT2D eigenvalue weighted by Gasteiger charge is -2.11. The minimum Gasteiger partial charge on any atom is -0.463 e. The number of carbonyl (C=O) groups excluding carboxylic acids is 1. The molecule has 0 fully saturated rings. The topological polar surface area (TPSA) is 106 Å². The Hall–Kier alpha value is -3.56. The van der Waals surface area contributed by atoms with Crippen molar-refractivity contribution >= 4 is 33.2 Å². The zero-order valence-corrected chi connectivity index (χ0v) is 18.5. The summed E-state index contributed by atoms with van der Waals surface area (Å²) in [6, 6.07) is 19.0. The molecule has 2 aromatic carbocycles. The Balaban J connectivity index is 1.60. The molecule has 10 heteroatoms. The lowest BCUT2D eigenvalue weighted by atomic mass is 10.2. The van der Waals surface area contributed by atoms with Crippen LogP contribution in [0.3, 0.4) is 0 Å². The largest absolute Gasteiger partial charge is 0.463 e. The number of furan rings is 1. The van der Waals surface area contributed by atoms with Gasteiger partial charge in [-0.2, -0.15) is 5.10 Å². The van der Waals surface area contributed by atoms with Gasteiger partial charge in [0, 0.05) is 17.6 Å². The van der Waals surface area contributed by atoms with Crippen molar-refractivity contribution in [1.29, 1.82) is 0 Å². The molecule has 2 heterocycles.